The van der Waals surface area contributed by atoms with Crippen molar-refractivity contribution in [2.45, 2.75) is 20.3 Å². The van der Waals surface area contributed by atoms with Crippen molar-refractivity contribution in [1.82, 2.24) is 0 Å². The number of nitrogens with one attached hydrogen (secondary N) is 1. The van der Waals surface area contributed by atoms with Crippen molar-refractivity contribution in [3.05, 3.63) is 26.7 Å². The minimum absolute atomic E-state index is 0.176. The van der Waals surface area contributed by atoms with Gasteiger partial charge in [0.1, 0.15) is 0 Å². The van der Waals surface area contributed by atoms with Gasteiger partial charge >= 0.3 is 5.97 Å². The first kappa shape index (κ1) is 16.3. The van der Waals surface area contributed by atoms with E-state index in [1.807, 2.05) is 0 Å². The number of carboxylic acid groups (broad SMARTS) is 1. The minimum atomic E-state index is -1.15. The van der Waals surface area contributed by atoms with Gasteiger partial charge in [0, 0.05) is 10.9 Å². The van der Waals surface area contributed by atoms with Crippen molar-refractivity contribution >= 4 is 56.7 Å². The van der Waals surface area contributed by atoms with Gasteiger partial charge in [-0.05, 0) is 26.0 Å². The van der Waals surface area contributed by atoms with Gasteiger partial charge in [0.2, 0.25) is 5.91 Å². The molecule has 0 radical (unpaired) electrons. The van der Waals surface area contributed by atoms with Crippen molar-refractivity contribution in [3.8, 4) is 0 Å². The van der Waals surface area contributed by atoms with E-state index in [1.54, 1.807) is 12.1 Å². The summed E-state index contributed by atoms with van der Waals surface area (Å²) in [4.78, 5) is 22.8. The predicted molar refractivity (Wildman–Crippen MR) is 78.8 cm³/mol. The zero-order valence-corrected chi connectivity index (χ0v) is 13.4. The van der Waals surface area contributed by atoms with Crippen LogP contribution in [0, 0.1) is 5.41 Å². The van der Waals surface area contributed by atoms with Crippen molar-refractivity contribution in [3.63, 3.8) is 0 Å². The number of amides is 1. The number of halogens is 3. The molecule has 0 aromatic heterocycles. The molecule has 0 unspecified atom stereocenters. The van der Waals surface area contributed by atoms with Crippen LogP contribution in [0.2, 0.25) is 10.0 Å². The highest BCUT2D eigenvalue weighted by Crippen LogP contribution is 2.34. The molecule has 0 aliphatic heterocycles. The number of hydrogen-bond acceptors (Lipinski definition) is 2. The Bertz CT molecular complexity index is 509. The molecule has 1 amide bonds. The molecule has 0 aliphatic carbocycles. The molecule has 0 bridgehead atoms. The van der Waals surface area contributed by atoms with E-state index < -0.39 is 17.3 Å². The molecule has 7 heteroatoms. The zero-order chi connectivity index (χ0) is 14.8. The summed E-state index contributed by atoms with van der Waals surface area (Å²) in [5.41, 5.74) is -0.879. The fourth-order valence-corrected chi connectivity index (χ4v) is 2.63. The summed E-state index contributed by atoms with van der Waals surface area (Å²) in [7, 11) is 0. The van der Waals surface area contributed by atoms with E-state index in [1.165, 1.54) is 13.8 Å². The van der Waals surface area contributed by atoms with E-state index >= 15 is 0 Å². The van der Waals surface area contributed by atoms with Gasteiger partial charge in [-0.15, -0.1) is 0 Å². The van der Waals surface area contributed by atoms with Crippen LogP contribution in [0.1, 0.15) is 20.3 Å². The molecule has 0 atom stereocenters. The lowest BCUT2D eigenvalue weighted by molar-refractivity contribution is -0.148. The molecule has 1 aromatic rings. The van der Waals surface area contributed by atoms with Crippen LogP contribution in [-0.2, 0) is 9.59 Å². The highest BCUT2D eigenvalue weighted by atomic mass is 79.9. The Morgan fingerprint density at radius 2 is 1.79 bits per heavy atom. The number of carboxylic acids is 1. The first-order valence-corrected chi connectivity index (χ1v) is 6.86. The average molecular weight is 369 g/mol. The number of carbonyl (C=O) groups is 2. The van der Waals surface area contributed by atoms with Crippen molar-refractivity contribution in [1.29, 1.82) is 0 Å². The third-order valence-corrected chi connectivity index (χ3v) is 3.51. The fourth-order valence-electron chi connectivity index (χ4n) is 1.32. The van der Waals surface area contributed by atoms with Gasteiger partial charge in [-0.3, -0.25) is 9.59 Å². The Labute approximate surface area is 129 Å². The molecule has 0 aliphatic rings. The molecule has 4 nitrogen and oxygen atoms in total. The summed E-state index contributed by atoms with van der Waals surface area (Å²) in [6, 6.07) is 3.18. The van der Waals surface area contributed by atoms with Gasteiger partial charge < -0.3 is 10.4 Å². The smallest absolute Gasteiger partial charge is 0.309 e. The van der Waals surface area contributed by atoms with E-state index in [9.17, 15) is 9.59 Å². The van der Waals surface area contributed by atoms with Crippen LogP contribution in [0.5, 0.6) is 0 Å². The van der Waals surface area contributed by atoms with Crippen LogP contribution in [-0.4, -0.2) is 17.0 Å². The van der Waals surface area contributed by atoms with Gasteiger partial charge in [0.05, 0.1) is 21.1 Å². The molecule has 0 saturated carbocycles. The van der Waals surface area contributed by atoms with Crippen LogP contribution in [0.15, 0.2) is 16.6 Å². The minimum Gasteiger partial charge on any atom is -0.481 e. The Morgan fingerprint density at radius 1 is 1.32 bits per heavy atom. The number of anilines is 1. The molecule has 19 heavy (non-hydrogen) atoms. The topological polar surface area (TPSA) is 66.4 Å². The van der Waals surface area contributed by atoms with Crippen LogP contribution in [0.3, 0.4) is 0 Å². The molecular weight excluding hydrogens is 357 g/mol. The van der Waals surface area contributed by atoms with Gasteiger partial charge in [0.25, 0.3) is 0 Å². The largest absolute Gasteiger partial charge is 0.481 e. The van der Waals surface area contributed by atoms with Gasteiger partial charge in [-0.2, -0.15) is 0 Å². The number of carbonyl (C=O) groups excluding carboxylic acids is 1. The molecule has 104 valence electrons. The summed E-state index contributed by atoms with van der Waals surface area (Å²) in [6.45, 7) is 2.94. The standard InChI is InChI=1S/C12H12BrCl2NO3/c1-12(2,11(18)19)5-9(17)16-10-7(14)3-6(13)4-8(10)15/h3-4H,5H2,1-2H3,(H,16,17)(H,18,19). The summed E-state index contributed by atoms with van der Waals surface area (Å²) in [5, 5.41) is 12.1. The van der Waals surface area contributed by atoms with Crippen molar-refractivity contribution in [2.75, 3.05) is 5.32 Å². The van der Waals surface area contributed by atoms with Crippen LogP contribution >= 0.6 is 39.1 Å². The third kappa shape index (κ3) is 4.37. The monoisotopic (exact) mass is 367 g/mol. The number of benzene rings is 1. The molecule has 2 N–H and O–H groups in total. The Kier molecular flexibility index (Phi) is 5.24. The molecule has 0 saturated heterocycles. The Hall–Kier alpha value is -0.780. The van der Waals surface area contributed by atoms with Crippen LogP contribution in [0.4, 0.5) is 5.69 Å². The van der Waals surface area contributed by atoms with Crippen LogP contribution in [0.25, 0.3) is 0 Å². The Balaban J connectivity index is 2.87. The lowest BCUT2D eigenvalue weighted by Gasteiger charge is -2.18. The van der Waals surface area contributed by atoms with Gasteiger partial charge in [-0.25, -0.2) is 0 Å². The lowest BCUT2D eigenvalue weighted by Crippen LogP contribution is -2.29. The number of rotatable bonds is 4. The molecule has 0 spiro atoms. The van der Waals surface area contributed by atoms with Gasteiger partial charge in [0.15, 0.2) is 0 Å². The number of hydrogen-bond donors (Lipinski definition) is 2. The Morgan fingerprint density at radius 3 is 2.21 bits per heavy atom. The first-order valence-electron chi connectivity index (χ1n) is 5.31. The molecule has 1 aromatic carbocycles. The SMILES string of the molecule is CC(C)(CC(=O)Nc1c(Cl)cc(Br)cc1Cl)C(=O)O. The maximum absolute atomic E-state index is 11.8. The van der Waals surface area contributed by atoms with E-state index in [-0.39, 0.29) is 22.2 Å². The molecule has 0 fully saturated rings. The number of aliphatic carboxylic acids is 1. The van der Waals surface area contributed by atoms with E-state index in [0.717, 1.165) is 0 Å². The molecular formula is C12H12BrCl2NO3. The second kappa shape index (κ2) is 6.11. The van der Waals surface area contributed by atoms with Crippen LogP contribution < -0.4 is 5.32 Å². The maximum Gasteiger partial charge on any atom is 0.309 e. The third-order valence-electron chi connectivity index (χ3n) is 2.45. The van der Waals surface area contributed by atoms with E-state index in [4.69, 9.17) is 28.3 Å². The van der Waals surface area contributed by atoms with Crippen molar-refractivity contribution in [2.24, 2.45) is 5.41 Å². The van der Waals surface area contributed by atoms with E-state index in [2.05, 4.69) is 21.2 Å². The summed E-state index contributed by atoms with van der Waals surface area (Å²) in [6.07, 6.45) is -0.176. The second-order valence-electron chi connectivity index (χ2n) is 4.66. The fraction of sp³-hybridized carbons (Fsp3) is 0.333. The molecule has 1 rings (SSSR count). The quantitative estimate of drug-likeness (QED) is 0.836. The average Bonchev–Trinajstić information content (AvgIpc) is 2.22. The molecule has 0 heterocycles. The highest BCUT2D eigenvalue weighted by Gasteiger charge is 2.30. The predicted octanol–water partition coefficient (Wildman–Crippen LogP) is 4.20. The first-order chi connectivity index (χ1) is 8.63. The van der Waals surface area contributed by atoms with E-state index in [0.29, 0.717) is 4.47 Å². The summed E-state index contributed by atoms with van der Waals surface area (Å²) < 4.78 is 0.686. The lowest BCUT2D eigenvalue weighted by atomic mass is 9.89. The second-order valence-corrected chi connectivity index (χ2v) is 6.39. The van der Waals surface area contributed by atoms with Crippen molar-refractivity contribution < 1.29 is 14.7 Å². The summed E-state index contributed by atoms with van der Waals surface area (Å²) in [5.74, 6) is -1.51. The normalized spacial score (nSPS) is 11.2. The maximum atomic E-state index is 11.8. The zero-order valence-electron chi connectivity index (χ0n) is 10.3. The summed E-state index contributed by atoms with van der Waals surface area (Å²) >= 11 is 15.2. The highest BCUT2D eigenvalue weighted by molar-refractivity contribution is 9.10. The van der Waals surface area contributed by atoms with Gasteiger partial charge in [-0.1, -0.05) is 39.1 Å².